The summed E-state index contributed by atoms with van der Waals surface area (Å²) in [5.41, 5.74) is 8.00. The lowest BCUT2D eigenvalue weighted by atomic mass is 10.3. The second-order valence-corrected chi connectivity index (χ2v) is 2.62. The summed E-state index contributed by atoms with van der Waals surface area (Å²) in [6.07, 6.45) is 1.11. The van der Waals surface area contributed by atoms with Crippen molar-refractivity contribution >= 4 is 5.91 Å². The minimum atomic E-state index is 0.137. The molecule has 0 fully saturated rings. The van der Waals surface area contributed by atoms with E-state index in [0.29, 0.717) is 19.4 Å². The lowest BCUT2D eigenvalue weighted by molar-refractivity contribution is -0.130. The Hall–Kier alpha value is -1.22. The van der Waals surface area contributed by atoms with Crippen LogP contribution in [0.4, 0.5) is 0 Å². The van der Waals surface area contributed by atoms with Gasteiger partial charge in [-0.15, -0.1) is 0 Å². The molecule has 0 spiro atoms. The van der Waals surface area contributed by atoms with Gasteiger partial charge in [0.05, 0.1) is 0 Å². The Labute approximate surface area is 78.3 Å². The van der Waals surface area contributed by atoms with Gasteiger partial charge in [0, 0.05) is 31.0 Å². The van der Waals surface area contributed by atoms with Crippen LogP contribution in [0.3, 0.4) is 0 Å². The van der Waals surface area contributed by atoms with Crippen LogP contribution in [0.2, 0.25) is 0 Å². The van der Waals surface area contributed by atoms with E-state index in [1.165, 1.54) is 0 Å². The van der Waals surface area contributed by atoms with Gasteiger partial charge in [0.2, 0.25) is 5.91 Å². The van der Waals surface area contributed by atoms with Crippen molar-refractivity contribution in [3.05, 3.63) is 10.4 Å². The standard InChI is InChI=1S/C8H16N4O/c1-3-12(4-2)8(13)6-5-7-10-11-9/h3-7H2,1-2H3. The van der Waals surface area contributed by atoms with E-state index in [-0.39, 0.29) is 5.91 Å². The molecule has 0 aliphatic rings. The van der Waals surface area contributed by atoms with Crippen LogP contribution in [0.15, 0.2) is 5.11 Å². The number of carbonyl (C=O) groups is 1. The monoisotopic (exact) mass is 184 g/mol. The van der Waals surface area contributed by atoms with Crippen molar-refractivity contribution in [3.8, 4) is 0 Å². The van der Waals surface area contributed by atoms with Crippen LogP contribution in [0.5, 0.6) is 0 Å². The van der Waals surface area contributed by atoms with Crippen LogP contribution in [0, 0.1) is 0 Å². The molecule has 0 aliphatic heterocycles. The zero-order valence-corrected chi connectivity index (χ0v) is 8.23. The van der Waals surface area contributed by atoms with Crippen molar-refractivity contribution in [2.45, 2.75) is 26.7 Å². The van der Waals surface area contributed by atoms with Crippen LogP contribution in [0.25, 0.3) is 10.4 Å². The van der Waals surface area contributed by atoms with Crippen LogP contribution in [-0.2, 0) is 4.79 Å². The predicted molar refractivity (Wildman–Crippen MR) is 51.2 cm³/mol. The van der Waals surface area contributed by atoms with E-state index < -0.39 is 0 Å². The maximum Gasteiger partial charge on any atom is 0.222 e. The van der Waals surface area contributed by atoms with E-state index in [0.717, 1.165) is 13.1 Å². The first-order valence-electron chi connectivity index (χ1n) is 4.54. The van der Waals surface area contributed by atoms with Crippen molar-refractivity contribution in [1.29, 1.82) is 0 Å². The number of hydrogen-bond acceptors (Lipinski definition) is 2. The fourth-order valence-corrected chi connectivity index (χ4v) is 1.08. The summed E-state index contributed by atoms with van der Waals surface area (Å²) in [6, 6.07) is 0. The summed E-state index contributed by atoms with van der Waals surface area (Å²) in [5, 5.41) is 3.36. The molecule has 0 atom stereocenters. The summed E-state index contributed by atoms with van der Waals surface area (Å²) in [7, 11) is 0. The molecule has 0 rings (SSSR count). The molecule has 0 unspecified atom stereocenters. The smallest absolute Gasteiger partial charge is 0.222 e. The second kappa shape index (κ2) is 7.43. The van der Waals surface area contributed by atoms with Crippen LogP contribution in [0.1, 0.15) is 26.7 Å². The molecule has 0 N–H and O–H groups in total. The van der Waals surface area contributed by atoms with Gasteiger partial charge in [0.1, 0.15) is 0 Å². The molecule has 1 amide bonds. The first-order chi connectivity index (χ1) is 6.26. The molecule has 0 saturated heterocycles. The Morgan fingerprint density at radius 2 is 2.08 bits per heavy atom. The molecular formula is C8H16N4O. The first kappa shape index (κ1) is 11.8. The summed E-state index contributed by atoms with van der Waals surface area (Å²) < 4.78 is 0. The normalized spacial score (nSPS) is 9.08. The van der Waals surface area contributed by atoms with Crippen molar-refractivity contribution in [1.82, 2.24) is 4.90 Å². The van der Waals surface area contributed by atoms with Crippen LogP contribution in [-0.4, -0.2) is 30.4 Å². The predicted octanol–water partition coefficient (Wildman–Crippen LogP) is 1.95. The lowest BCUT2D eigenvalue weighted by Crippen LogP contribution is -2.30. The van der Waals surface area contributed by atoms with E-state index >= 15 is 0 Å². The quantitative estimate of drug-likeness (QED) is 0.269. The highest BCUT2D eigenvalue weighted by Gasteiger charge is 2.07. The highest BCUT2D eigenvalue weighted by Crippen LogP contribution is 1.97. The van der Waals surface area contributed by atoms with Gasteiger partial charge in [-0.1, -0.05) is 5.11 Å². The molecule has 5 heteroatoms. The Balaban J connectivity index is 3.65. The van der Waals surface area contributed by atoms with Gasteiger partial charge < -0.3 is 4.90 Å². The van der Waals surface area contributed by atoms with E-state index in [1.807, 2.05) is 13.8 Å². The van der Waals surface area contributed by atoms with Crippen LogP contribution < -0.4 is 0 Å². The maximum absolute atomic E-state index is 11.4. The molecular weight excluding hydrogens is 168 g/mol. The number of azide groups is 1. The van der Waals surface area contributed by atoms with Gasteiger partial charge in [0.25, 0.3) is 0 Å². The van der Waals surface area contributed by atoms with E-state index in [9.17, 15) is 4.79 Å². The zero-order chi connectivity index (χ0) is 10.1. The van der Waals surface area contributed by atoms with Crippen molar-refractivity contribution in [2.24, 2.45) is 5.11 Å². The van der Waals surface area contributed by atoms with Crippen molar-refractivity contribution < 1.29 is 4.79 Å². The first-order valence-corrected chi connectivity index (χ1v) is 4.54. The Morgan fingerprint density at radius 1 is 1.46 bits per heavy atom. The third-order valence-corrected chi connectivity index (χ3v) is 1.83. The largest absolute Gasteiger partial charge is 0.343 e. The van der Waals surface area contributed by atoms with Crippen molar-refractivity contribution in [2.75, 3.05) is 19.6 Å². The molecule has 0 aromatic rings. The molecule has 0 aromatic heterocycles. The number of nitrogens with zero attached hydrogens (tertiary/aromatic N) is 4. The molecule has 0 bridgehead atoms. The van der Waals surface area contributed by atoms with Gasteiger partial charge in [-0.25, -0.2) is 0 Å². The summed E-state index contributed by atoms with van der Waals surface area (Å²) in [4.78, 5) is 15.8. The van der Waals surface area contributed by atoms with Gasteiger partial charge in [-0.05, 0) is 25.8 Å². The molecule has 0 saturated carbocycles. The number of amides is 1. The van der Waals surface area contributed by atoms with Crippen molar-refractivity contribution in [3.63, 3.8) is 0 Å². The minimum Gasteiger partial charge on any atom is -0.343 e. The topological polar surface area (TPSA) is 69.1 Å². The summed E-state index contributed by atoms with van der Waals surface area (Å²) >= 11 is 0. The fourth-order valence-electron chi connectivity index (χ4n) is 1.08. The minimum absolute atomic E-state index is 0.137. The molecule has 0 heterocycles. The van der Waals surface area contributed by atoms with Gasteiger partial charge >= 0.3 is 0 Å². The van der Waals surface area contributed by atoms with Gasteiger partial charge in [0.15, 0.2) is 0 Å². The third-order valence-electron chi connectivity index (χ3n) is 1.83. The summed E-state index contributed by atoms with van der Waals surface area (Å²) in [5.74, 6) is 0.137. The lowest BCUT2D eigenvalue weighted by Gasteiger charge is -2.17. The second-order valence-electron chi connectivity index (χ2n) is 2.62. The average molecular weight is 184 g/mol. The molecule has 13 heavy (non-hydrogen) atoms. The Morgan fingerprint density at radius 3 is 2.54 bits per heavy atom. The highest BCUT2D eigenvalue weighted by molar-refractivity contribution is 5.76. The molecule has 0 radical (unpaired) electrons. The third kappa shape index (κ3) is 5.09. The molecule has 74 valence electrons. The average Bonchev–Trinajstić information content (AvgIpc) is 2.14. The SMILES string of the molecule is CCN(CC)C(=O)CCCN=[N+]=[N-]. The Kier molecular flexibility index (Phi) is 6.73. The van der Waals surface area contributed by atoms with Crippen LogP contribution >= 0.6 is 0 Å². The van der Waals surface area contributed by atoms with Gasteiger partial charge in [-0.3, -0.25) is 4.79 Å². The van der Waals surface area contributed by atoms with E-state index in [4.69, 9.17) is 5.53 Å². The number of hydrogen-bond donors (Lipinski definition) is 0. The highest BCUT2D eigenvalue weighted by atomic mass is 16.2. The molecule has 0 aliphatic carbocycles. The number of rotatable bonds is 6. The molecule has 0 aromatic carbocycles. The van der Waals surface area contributed by atoms with E-state index in [1.54, 1.807) is 4.90 Å². The molecule has 5 nitrogen and oxygen atoms in total. The summed E-state index contributed by atoms with van der Waals surface area (Å²) in [6.45, 7) is 5.81. The van der Waals surface area contributed by atoms with E-state index in [2.05, 4.69) is 10.0 Å². The zero-order valence-electron chi connectivity index (χ0n) is 8.23. The van der Waals surface area contributed by atoms with Gasteiger partial charge in [-0.2, -0.15) is 0 Å². The fraction of sp³-hybridized carbons (Fsp3) is 0.875. The Bertz CT molecular complexity index is 194. The number of carbonyl (C=O) groups excluding carboxylic acids is 1. The maximum atomic E-state index is 11.4.